The third kappa shape index (κ3) is 10.5. The molecule has 130 valence electrons. The summed E-state index contributed by atoms with van der Waals surface area (Å²) in [5.74, 6) is 0.322. The van der Waals surface area contributed by atoms with Crippen LogP contribution < -0.4 is 4.74 Å². The minimum atomic E-state index is -4.36. The van der Waals surface area contributed by atoms with Crippen molar-refractivity contribution in [2.45, 2.75) is 39.8 Å². The van der Waals surface area contributed by atoms with E-state index in [2.05, 4.69) is 4.99 Å². The Balaban J connectivity index is 0.00000232. The van der Waals surface area contributed by atoms with Gasteiger partial charge in [-0.25, -0.2) is 4.99 Å². The van der Waals surface area contributed by atoms with Gasteiger partial charge in [0.2, 0.25) is 5.90 Å². The van der Waals surface area contributed by atoms with Gasteiger partial charge in [-0.05, 0) is 36.6 Å². The Morgan fingerprint density at radius 3 is 2.30 bits per heavy atom. The van der Waals surface area contributed by atoms with Crippen molar-refractivity contribution >= 4 is 5.90 Å². The van der Waals surface area contributed by atoms with Gasteiger partial charge in [0.1, 0.15) is 12.3 Å². The SMILES string of the molecule is CC.CC/C=C\C(=NCC(F)(F)F)Oc1ccc(CCO)cc1. The van der Waals surface area contributed by atoms with Gasteiger partial charge in [0, 0.05) is 6.61 Å². The van der Waals surface area contributed by atoms with Crippen LogP contribution >= 0.6 is 0 Å². The number of nitrogens with zero attached hydrogens (tertiary/aromatic N) is 1. The first-order valence-electron chi connectivity index (χ1n) is 7.60. The van der Waals surface area contributed by atoms with E-state index in [-0.39, 0.29) is 12.5 Å². The fraction of sp³-hybridized carbons (Fsp3) is 0.471. The van der Waals surface area contributed by atoms with Gasteiger partial charge in [0.05, 0.1) is 0 Å². The van der Waals surface area contributed by atoms with Gasteiger partial charge in [-0.15, -0.1) is 0 Å². The molecule has 3 nitrogen and oxygen atoms in total. The Hall–Kier alpha value is -1.82. The molecule has 0 aliphatic carbocycles. The molecule has 0 fully saturated rings. The number of aliphatic imine (C=N–C) groups is 1. The van der Waals surface area contributed by atoms with Crippen molar-refractivity contribution in [3.63, 3.8) is 0 Å². The monoisotopic (exact) mass is 331 g/mol. The Labute approximate surface area is 135 Å². The summed E-state index contributed by atoms with van der Waals surface area (Å²) >= 11 is 0. The van der Waals surface area contributed by atoms with Crippen LogP contribution in [-0.2, 0) is 6.42 Å². The molecule has 0 saturated carbocycles. The molecule has 1 aromatic rings. The number of allylic oxidation sites excluding steroid dienone is 1. The molecule has 0 spiro atoms. The predicted octanol–water partition coefficient (Wildman–Crippen LogP) is 4.55. The lowest BCUT2D eigenvalue weighted by Crippen LogP contribution is -2.15. The molecule has 0 heterocycles. The van der Waals surface area contributed by atoms with Crippen molar-refractivity contribution in [3.8, 4) is 5.75 Å². The Morgan fingerprint density at radius 2 is 1.83 bits per heavy atom. The maximum Gasteiger partial charge on any atom is 0.408 e. The summed E-state index contributed by atoms with van der Waals surface area (Å²) in [7, 11) is 0. The summed E-state index contributed by atoms with van der Waals surface area (Å²) < 4.78 is 42.0. The summed E-state index contributed by atoms with van der Waals surface area (Å²) in [6.45, 7) is 4.62. The van der Waals surface area contributed by atoms with Crippen LogP contribution in [0.2, 0.25) is 0 Å². The largest absolute Gasteiger partial charge is 0.439 e. The zero-order valence-corrected chi connectivity index (χ0v) is 13.7. The molecule has 23 heavy (non-hydrogen) atoms. The van der Waals surface area contributed by atoms with Gasteiger partial charge in [-0.1, -0.05) is 39.0 Å². The lowest BCUT2D eigenvalue weighted by atomic mass is 10.1. The average molecular weight is 331 g/mol. The molecule has 0 amide bonds. The van der Waals surface area contributed by atoms with Crippen molar-refractivity contribution < 1.29 is 23.0 Å². The maximum absolute atomic E-state index is 12.2. The Kier molecular flexibility index (Phi) is 10.8. The van der Waals surface area contributed by atoms with Gasteiger partial charge >= 0.3 is 6.18 Å². The summed E-state index contributed by atoms with van der Waals surface area (Å²) in [6.07, 6.45) is -0.0722. The second kappa shape index (κ2) is 11.7. The van der Waals surface area contributed by atoms with Gasteiger partial charge in [-0.2, -0.15) is 13.2 Å². The van der Waals surface area contributed by atoms with E-state index >= 15 is 0 Å². The highest BCUT2D eigenvalue weighted by atomic mass is 19.4. The molecule has 6 heteroatoms. The fourth-order valence-electron chi connectivity index (χ4n) is 1.48. The van der Waals surface area contributed by atoms with Gasteiger partial charge in [-0.3, -0.25) is 0 Å². The molecule has 1 aromatic carbocycles. The number of alkyl halides is 3. The van der Waals surface area contributed by atoms with E-state index in [1.807, 2.05) is 20.8 Å². The molecule has 0 aromatic heterocycles. The Morgan fingerprint density at radius 1 is 1.22 bits per heavy atom. The van der Waals surface area contributed by atoms with Crippen LogP contribution in [0.25, 0.3) is 0 Å². The van der Waals surface area contributed by atoms with E-state index in [4.69, 9.17) is 9.84 Å². The topological polar surface area (TPSA) is 41.8 Å². The highest BCUT2D eigenvalue weighted by Crippen LogP contribution is 2.16. The van der Waals surface area contributed by atoms with Crippen LogP contribution in [0, 0.1) is 0 Å². The first kappa shape index (κ1) is 21.2. The number of ether oxygens (including phenoxy) is 1. The number of halogens is 3. The van der Waals surface area contributed by atoms with Crippen LogP contribution in [0.5, 0.6) is 5.75 Å². The fourth-order valence-corrected chi connectivity index (χ4v) is 1.48. The molecule has 0 bridgehead atoms. The van der Waals surface area contributed by atoms with Crippen molar-refractivity contribution in [2.24, 2.45) is 4.99 Å². The lowest BCUT2D eigenvalue weighted by Gasteiger charge is -2.08. The smallest absolute Gasteiger partial charge is 0.408 e. The summed E-state index contributed by atoms with van der Waals surface area (Å²) in [5.41, 5.74) is 0.919. The van der Waals surface area contributed by atoms with Gasteiger partial charge in [0.25, 0.3) is 0 Å². The van der Waals surface area contributed by atoms with E-state index in [0.29, 0.717) is 18.6 Å². The predicted molar refractivity (Wildman–Crippen MR) is 87.0 cm³/mol. The average Bonchev–Trinajstić information content (AvgIpc) is 2.53. The minimum Gasteiger partial charge on any atom is -0.439 e. The molecule has 0 aliphatic rings. The van der Waals surface area contributed by atoms with Crippen molar-refractivity contribution in [1.82, 2.24) is 0 Å². The van der Waals surface area contributed by atoms with E-state index in [0.717, 1.165) is 5.56 Å². The third-order valence-corrected chi connectivity index (χ3v) is 2.46. The molecular formula is C17H24F3NO2. The summed E-state index contributed by atoms with van der Waals surface area (Å²) in [6, 6.07) is 6.76. The standard InChI is InChI=1S/C15H18F3NO2.C2H6/c1-2-3-4-14(19-11-15(16,17)18)21-13-7-5-12(6-8-13)9-10-20;1-2/h3-8,20H,2,9-11H2,1H3;1-2H3/b4-3-,19-14?;. The number of aliphatic hydroxyl groups excluding tert-OH is 1. The number of hydrogen-bond donors (Lipinski definition) is 1. The molecule has 0 atom stereocenters. The summed E-state index contributed by atoms with van der Waals surface area (Å²) in [5, 5.41) is 8.81. The third-order valence-electron chi connectivity index (χ3n) is 2.46. The minimum absolute atomic E-state index is 0.0394. The van der Waals surface area contributed by atoms with Crippen molar-refractivity contribution in [1.29, 1.82) is 0 Å². The lowest BCUT2D eigenvalue weighted by molar-refractivity contribution is -0.118. The second-order valence-electron chi connectivity index (χ2n) is 4.30. The van der Waals surface area contributed by atoms with Crippen molar-refractivity contribution in [2.75, 3.05) is 13.2 Å². The first-order chi connectivity index (χ1) is 10.9. The van der Waals surface area contributed by atoms with Crippen LogP contribution in [0.1, 0.15) is 32.8 Å². The molecular weight excluding hydrogens is 307 g/mol. The number of hydrogen-bond acceptors (Lipinski definition) is 3. The van der Waals surface area contributed by atoms with Crippen LogP contribution in [-0.4, -0.2) is 30.3 Å². The van der Waals surface area contributed by atoms with E-state index < -0.39 is 12.7 Å². The second-order valence-corrected chi connectivity index (χ2v) is 4.30. The van der Waals surface area contributed by atoms with Crippen LogP contribution in [0.3, 0.4) is 0 Å². The zero-order valence-electron chi connectivity index (χ0n) is 13.7. The molecule has 0 radical (unpaired) electrons. The van der Waals surface area contributed by atoms with Crippen LogP contribution in [0.15, 0.2) is 41.4 Å². The number of benzene rings is 1. The van der Waals surface area contributed by atoms with Gasteiger partial charge < -0.3 is 9.84 Å². The van der Waals surface area contributed by atoms with E-state index in [1.54, 1.807) is 30.3 Å². The van der Waals surface area contributed by atoms with Crippen LogP contribution in [0.4, 0.5) is 13.2 Å². The summed E-state index contributed by atoms with van der Waals surface area (Å²) in [4.78, 5) is 3.43. The molecule has 1 rings (SSSR count). The zero-order chi connectivity index (χ0) is 17.7. The highest BCUT2D eigenvalue weighted by molar-refractivity contribution is 5.89. The molecule has 0 aliphatic heterocycles. The number of aliphatic hydroxyl groups is 1. The molecule has 0 unspecified atom stereocenters. The Bertz CT molecular complexity index is 480. The van der Waals surface area contributed by atoms with E-state index in [9.17, 15) is 13.2 Å². The number of rotatable bonds is 6. The molecule has 0 saturated heterocycles. The maximum atomic E-state index is 12.2. The first-order valence-corrected chi connectivity index (χ1v) is 7.60. The molecule has 1 N–H and O–H groups in total. The quantitative estimate of drug-likeness (QED) is 0.613. The van der Waals surface area contributed by atoms with Gasteiger partial charge in [0.15, 0.2) is 0 Å². The van der Waals surface area contributed by atoms with Crippen molar-refractivity contribution in [3.05, 3.63) is 42.0 Å². The van der Waals surface area contributed by atoms with E-state index in [1.165, 1.54) is 6.08 Å². The highest BCUT2D eigenvalue weighted by Gasteiger charge is 2.26. The normalized spacial score (nSPS) is 12.0.